The van der Waals surface area contributed by atoms with Crippen molar-refractivity contribution in [3.63, 3.8) is 0 Å². The van der Waals surface area contributed by atoms with Crippen molar-refractivity contribution >= 4 is 23.4 Å². The maximum atomic E-state index is 13.5. The summed E-state index contributed by atoms with van der Waals surface area (Å²) in [7, 11) is 1.54. The number of nitrogens with zero attached hydrogens (tertiary/aromatic N) is 2. The van der Waals surface area contributed by atoms with E-state index in [0.29, 0.717) is 5.69 Å². The number of urea groups is 1. The number of carbonyl (C=O) groups is 2. The number of benzene rings is 1. The van der Waals surface area contributed by atoms with Crippen LogP contribution in [0.2, 0.25) is 0 Å². The van der Waals surface area contributed by atoms with Crippen molar-refractivity contribution in [2.45, 2.75) is 0 Å². The number of pyridine rings is 1. The van der Waals surface area contributed by atoms with Crippen LogP contribution in [0.3, 0.4) is 0 Å². The summed E-state index contributed by atoms with van der Waals surface area (Å²) in [4.78, 5) is 27.9. The molecule has 0 aliphatic carbocycles. The third-order valence-corrected chi connectivity index (χ3v) is 2.79. The Morgan fingerprint density at radius 2 is 2.10 bits per heavy atom. The van der Waals surface area contributed by atoms with Crippen molar-refractivity contribution in [3.8, 4) is 0 Å². The molecule has 108 valence electrons. The van der Waals surface area contributed by atoms with Crippen molar-refractivity contribution < 1.29 is 19.1 Å². The van der Waals surface area contributed by atoms with Crippen LogP contribution in [0.15, 0.2) is 42.7 Å². The lowest BCUT2D eigenvalue weighted by atomic mass is 10.2. The summed E-state index contributed by atoms with van der Waals surface area (Å²) in [5, 5.41) is 11.2. The molecule has 2 N–H and O–H groups in total. The lowest BCUT2D eigenvalue weighted by Crippen LogP contribution is -2.31. The summed E-state index contributed by atoms with van der Waals surface area (Å²) in [5.74, 6) is -2.28. The second-order valence-corrected chi connectivity index (χ2v) is 4.20. The number of carboxylic acids is 1. The summed E-state index contributed by atoms with van der Waals surface area (Å²) in [5.41, 5.74) is 0.282. The molecule has 2 amide bonds. The first kappa shape index (κ1) is 14.4. The van der Waals surface area contributed by atoms with Crippen LogP contribution in [-0.2, 0) is 0 Å². The predicted octanol–water partition coefficient (Wildman–Crippen LogP) is 2.59. The number of rotatable bonds is 3. The highest BCUT2D eigenvalue weighted by molar-refractivity contribution is 6.01. The molecule has 0 bridgehead atoms. The normalized spacial score (nSPS) is 10.0. The van der Waals surface area contributed by atoms with Crippen LogP contribution in [0.25, 0.3) is 0 Å². The Morgan fingerprint density at radius 1 is 1.33 bits per heavy atom. The molecule has 0 aliphatic heterocycles. The quantitative estimate of drug-likeness (QED) is 0.909. The van der Waals surface area contributed by atoms with E-state index in [1.165, 1.54) is 24.2 Å². The predicted molar refractivity (Wildman–Crippen MR) is 75.0 cm³/mol. The summed E-state index contributed by atoms with van der Waals surface area (Å²) >= 11 is 0. The maximum absolute atomic E-state index is 13.5. The molecular formula is C14H12FN3O3. The van der Waals surface area contributed by atoms with Crippen molar-refractivity contribution in [1.82, 2.24) is 4.98 Å². The average Bonchev–Trinajstić information content (AvgIpc) is 2.47. The number of hydrogen-bond acceptors (Lipinski definition) is 3. The molecule has 0 fully saturated rings. The molecule has 1 heterocycles. The molecule has 0 aliphatic rings. The van der Waals surface area contributed by atoms with Crippen molar-refractivity contribution in [3.05, 3.63) is 54.1 Å². The van der Waals surface area contributed by atoms with Crippen molar-refractivity contribution in [1.29, 1.82) is 0 Å². The van der Waals surface area contributed by atoms with E-state index in [2.05, 4.69) is 10.3 Å². The Balaban J connectivity index is 2.13. The summed E-state index contributed by atoms with van der Waals surface area (Å²) in [6.07, 6.45) is 3.09. The van der Waals surface area contributed by atoms with E-state index in [1.54, 1.807) is 18.3 Å². The third kappa shape index (κ3) is 3.33. The number of halogens is 1. The smallest absolute Gasteiger partial charge is 0.338 e. The fourth-order valence-corrected chi connectivity index (χ4v) is 1.64. The van der Waals surface area contributed by atoms with Gasteiger partial charge in [0.2, 0.25) is 0 Å². The molecule has 21 heavy (non-hydrogen) atoms. The van der Waals surface area contributed by atoms with Gasteiger partial charge in [-0.2, -0.15) is 0 Å². The van der Waals surface area contributed by atoms with Gasteiger partial charge in [-0.15, -0.1) is 0 Å². The molecule has 0 saturated heterocycles. The largest absolute Gasteiger partial charge is 0.478 e. The minimum atomic E-state index is -1.36. The fraction of sp³-hybridized carbons (Fsp3) is 0.0714. The topological polar surface area (TPSA) is 82.5 Å². The monoisotopic (exact) mass is 289 g/mol. The van der Waals surface area contributed by atoms with Crippen LogP contribution in [0.5, 0.6) is 0 Å². The Morgan fingerprint density at radius 3 is 2.67 bits per heavy atom. The number of nitrogens with one attached hydrogen (secondary N) is 1. The zero-order chi connectivity index (χ0) is 15.4. The van der Waals surface area contributed by atoms with Gasteiger partial charge in [0, 0.05) is 18.9 Å². The molecule has 0 unspecified atom stereocenters. The summed E-state index contributed by atoms with van der Waals surface area (Å²) in [6.45, 7) is 0. The molecule has 6 nitrogen and oxygen atoms in total. The van der Waals surface area contributed by atoms with Gasteiger partial charge in [0.05, 0.1) is 17.4 Å². The molecule has 0 spiro atoms. The van der Waals surface area contributed by atoms with Crippen LogP contribution in [0.1, 0.15) is 10.4 Å². The van der Waals surface area contributed by atoms with E-state index >= 15 is 0 Å². The first-order valence-corrected chi connectivity index (χ1v) is 5.96. The minimum absolute atomic E-state index is 0.165. The van der Waals surface area contributed by atoms with Gasteiger partial charge in [-0.3, -0.25) is 9.88 Å². The molecule has 1 aromatic heterocycles. The number of aromatic carboxylic acids is 1. The van der Waals surface area contributed by atoms with Crippen LogP contribution >= 0.6 is 0 Å². The Labute approximate surface area is 119 Å². The number of amides is 2. The van der Waals surface area contributed by atoms with Gasteiger partial charge >= 0.3 is 12.0 Å². The second kappa shape index (κ2) is 6.00. The van der Waals surface area contributed by atoms with Crippen LogP contribution in [0.4, 0.5) is 20.6 Å². The molecule has 2 rings (SSSR count). The van der Waals surface area contributed by atoms with E-state index in [0.717, 1.165) is 12.1 Å². The number of hydrogen-bond donors (Lipinski definition) is 2. The Bertz CT molecular complexity index is 676. The van der Waals surface area contributed by atoms with Crippen LogP contribution < -0.4 is 10.2 Å². The summed E-state index contributed by atoms with van der Waals surface area (Å²) < 4.78 is 13.5. The fourth-order valence-electron chi connectivity index (χ4n) is 1.64. The lowest BCUT2D eigenvalue weighted by molar-refractivity contribution is 0.0692. The zero-order valence-electron chi connectivity index (χ0n) is 11.1. The van der Waals surface area contributed by atoms with Gasteiger partial charge < -0.3 is 10.4 Å². The van der Waals surface area contributed by atoms with Crippen molar-refractivity contribution in [2.75, 3.05) is 17.3 Å². The average molecular weight is 289 g/mol. The first-order chi connectivity index (χ1) is 9.99. The van der Waals surface area contributed by atoms with Gasteiger partial charge in [-0.1, -0.05) is 0 Å². The van der Waals surface area contributed by atoms with Gasteiger partial charge in [0.1, 0.15) is 5.82 Å². The minimum Gasteiger partial charge on any atom is -0.478 e. The highest BCUT2D eigenvalue weighted by Gasteiger charge is 2.14. The standard InChI is InChI=1S/C14H12FN3O3/c1-18(10-3-2-6-16-8-10)14(21)17-9-4-5-11(13(19)20)12(15)7-9/h2-8H,1H3,(H,17,21)(H,19,20). The number of carbonyl (C=O) groups excluding carboxylic acids is 1. The van der Waals surface area contributed by atoms with E-state index < -0.39 is 23.4 Å². The Kier molecular flexibility index (Phi) is 4.13. The molecule has 0 radical (unpaired) electrons. The SMILES string of the molecule is CN(C(=O)Nc1ccc(C(=O)O)c(F)c1)c1cccnc1. The first-order valence-electron chi connectivity index (χ1n) is 5.96. The molecule has 7 heteroatoms. The van der Waals surface area contributed by atoms with Crippen LogP contribution in [-0.4, -0.2) is 29.1 Å². The highest BCUT2D eigenvalue weighted by atomic mass is 19.1. The molecule has 1 aromatic carbocycles. The van der Waals surface area contributed by atoms with Gasteiger partial charge in [0.15, 0.2) is 0 Å². The number of anilines is 2. The van der Waals surface area contributed by atoms with Gasteiger partial charge in [0.25, 0.3) is 0 Å². The maximum Gasteiger partial charge on any atom is 0.338 e. The lowest BCUT2D eigenvalue weighted by Gasteiger charge is -2.17. The number of aromatic nitrogens is 1. The third-order valence-electron chi connectivity index (χ3n) is 2.79. The van der Waals surface area contributed by atoms with E-state index in [9.17, 15) is 14.0 Å². The molecule has 2 aromatic rings. The van der Waals surface area contributed by atoms with Crippen molar-refractivity contribution in [2.24, 2.45) is 0 Å². The molecule has 0 saturated carbocycles. The van der Waals surface area contributed by atoms with Gasteiger partial charge in [-0.05, 0) is 30.3 Å². The van der Waals surface area contributed by atoms with E-state index in [-0.39, 0.29) is 5.69 Å². The molecule has 0 atom stereocenters. The van der Waals surface area contributed by atoms with Crippen LogP contribution in [0, 0.1) is 5.82 Å². The van der Waals surface area contributed by atoms with Gasteiger partial charge in [-0.25, -0.2) is 14.0 Å². The highest BCUT2D eigenvalue weighted by Crippen LogP contribution is 2.16. The zero-order valence-corrected chi connectivity index (χ0v) is 11.1. The second-order valence-electron chi connectivity index (χ2n) is 4.20. The molecular weight excluding hydrogens is 277 g/mol. The summed E-state index contributed by atoms with van der Waals surface area (Å²) in [6, 6.07) is 6.25. The number of carboxylic acid groups (broad SMARTS) is 1. The Hall–Kier alpha value is -2.96. The van der Waals surface area contributed by atoms with E-state index in [4.69, 9.17) is 5.11 Å². The van der Waals surface area contributed by atoms with E-state index in [1.807, 2.05) is 0 Å².